The average Bonchev–Trinajstić information content (AvgIpc) is 2.89. The molecule has 4 rings (SSSR count). The minimum Gasteiger partial charge on any atom is -0.359 e. The molecule has 0 aliphatic heterocycles. The first-order valence-corrected chi connectivity index (χ1v) is 13.9. The van der Waals surface area contributed by atoms with Gasteiger partial charge in [0, 0.05) is 24.1 Å². The summed E-state index contributed by atoms with van der Waals surface area (Å²) in [7, 11) is -3.18. The third kappa shape index (κ3) is 5.37. The van der Waals surface area contributed by atoms with Gasteiger partial charge in [0.15, 0.2) is 9.84 Å². The molecule has 3 aromatic carbocycles. The van der Waals surface area contributed by atoms with Crippen LogP contribution >= 0.6 is 0 Å². The highest BCUT2D eigenvalue weighted by atomic mass is 32.2. The lowest BCUT2D eigenvalue weighted by molar-refractivity contribution is -0.392. The number of amides is 1. The molecule has 1 amide bonds. The van der Waals surface area contributed by atoms with Crippen LogP contribution < -0.4 is 5.32 Å². The highest BCUT2D eigenvalue weighted by Gasteiger charge is 2.73. The van der Waals surface area contributed by atoms with Crippen LogP contribution in [0.25, 0.3) is 0 Å². The van der Waals surface area contributed by atoms with Gasteiger partial charge >= 0.3 is 12.4 Å². The Kier molecular flexibility index (Phi) is 8.39. The predicted octanol–water partition coefficient (Wildman–Crippen LogP) is 6.47. The van der Waals surface area contributed by atoms with E-state index in [1.165, 1.54) is 7.05 Å². The topological polar surface area (TPSA) is 72.5 Å². The number of nitrogens with one attached hydrogen (secondary N) is 1. The molecular formula is C28H22F9NO4S. The molecule has 43 heavy (non-hydrogen) atoms. The van der Waals surface area contributed by atoms with E-state index in [0.717, 1.165) is 42.5 Å². The molecule has 1 aliphatic rings. The summed E-state index contributed by atoms with van der Waals surface area (Å²) in [5, 5.41) is 2.35. The molecule has 0 aromatic heterocycles. The van der Waals surface area contributed by atoms with Gasteiger partial charge in [0.05, 0.1) is 11.5 Å². The molecule has 0 radical (unpaired) electrons. The van der Waals surface area contributed by atoms with E-state index in [1.807, 2.05) is 0 Å². The van der Waals surface area contributed by atoms with Crippen molar-refractivity contribution in [2.75, 3.05) is 7.05 Å². The van der Waals surface area contributed by atoms with E-state index in [2.05, 4.69) is 10.1 Å². The van der Waals surface area contributed by atoms with Crippen LogP contribution in [0, 0.1) is 23.4 Å². The molecule has 232 valence electrons. The zero-order chi connectivity index (χ0) is 32.0. The van der Waals surface area contributed by atoms with E-state index in [1.54, 1.807) is 0 Å². The first kappa shape index (κ1) is 32.3. The minimum absolute atomic E-state index is 0.237. The van der Waals surface area contributed by atoms with Gasteiger partial charge in [-0.3, -0.25) is 4.79 Å². The van der Waals surface area contributed by atoms with Crippen molar-refractivity contribution in [3.8, 4) is 0 Å². The number of hydrogen-bond acceptors (Lipinski definition) is 4. The Labute approximate surface area is 239 Å². The molecule has 0 spiro atoms. The number of carbonyl (C=O) groups excluding carboxylic acids is 1. The lowest BCUT2D eigenvalue weighted by atomic mass is 9.69. The Balaban J connectivity index is 1.82. The van der Waals surface area contributed by atoms with E-state index in [0.29, 0.717) is 24.3 Å². The molecule has 0 saturated heterocycles. The maximum Gasteiger partial charge on any atom is 0.430 e. The van der Waals surface area contributed by atoms with Crippen LogP contribution in [0.1, 0.15) is 29.5 Å². The summed E-state index contributed by atoms with van der Waals surface area (Å²) >= 11 is 0. The van der Waals surface area contributed by atoms with Crippen LogP contribution in [0.15, 0.2) is 71.6 Å². The summed E-state index contributed by atoms with van der Waals surface area (Å²) in [5.41, 5.74) is -8.01. The van der Waals surface area contributed by atoms with E-state index in [9.17, 15) is 52.7 Å². The Morgan fingerprint density at radius 3 is 1.84 bits per heavy atom. The lowest BCUT2D eigenvalue weighted by Gasteiger charge is -2.46. The molecule has 15 heteroatoms. The molecule has 3 aromatic rings. The fourth-order valence-corrected chi connectivity index (χ4v) is 7.40. The lowest BCUT2D eigenvalue weighted by Crippen LogP contribution is -2.56. The van der Waals surface area contributed by atoms with Crippen molar-refractivity contribution in [2.45, 2.75) is 47.0 Å². The maximum absolute atomic E-state index is 14.3. The van der Waals surface area contributed by atoms with Crippen LogP contribution in [0.3, 0.4) is 0 Å². The quantitative estimate of drug-likeness (QED) is 0.227. The van der Waals surface area contributed by atoms with Crippen molar-refractivity contribution in [1.82, 2.24) is 5.32 Å². The second-order valence-electron chi connectivity index (χ2n) is 9.91. The number of alkyl halides is 6. The smallest absolute Gasteiger partial charge is 0.359 e. The van der Waals surface area contributed by atoms with Crippen molar-refractivity contribution in [2.24, 2.45) is 5.92 Å². The maximum atomic E-state index is 14.3. The van der Waals surface area contributed by atoms with Crippen molar-refractivity contribution in [3.05, 3.63) is 101 Å². The molecular weight excluding hydrogens is 617 g/mol. The van der Waals surface area contributed by atoms with Gasteiger partial charge < -0.3 is 10.1 Å². The van der Waals surface area contributed by atoms with Crippen LogP contribution in [0.4, 0.5) is 39.5 Å². The fourth-order valence-electron chi connectivity index (χ4n) is 5.17. The standard InChI is InChI=1S/C28H22F9NO4S/c1-38-24(39)16-13-25(14-16,43(40,41)20-11-9-19(29)10-12-20)17-5-7-18(8-6-17)26(27(32,33)34,28(35,36)37)42-15-21-22(30)3-2-4-23(21)31/h2-12,16H,13-15H2,1H3,(H,38,39)/t16-,25+. The molecule has 0 atom stereocenters. The summed E-state index contributed by atoms with van der Waals surface area (Å²) in [4.78, 5) is 11.8. The van der Waals surface area contributed by atoms with Gasteiger partial charge in [-0.1, -0.05) is 30.3 Å². The summed E-state index contributed by atoms with van der Waals surface area (Å²) < 4.78 is 157. The summed E-state index contributed by atoms with van der Waals surface area (Å²) in [5.74, 6) is -5.03. The van der Waals surface area contributed by atoms with Gasteiger partial charge in [-0.05, 0) is 54.8 Å². The summed E-state index contributed by atoms with van der Waals surface area (Å²) in [6.07, 6.45) is -13.2. The van der Waals surface area contributed by atoms with E-state index in [4.69, 9.17) is 0 Å². The number of hydrogen-bond donors (Lipinski definition) is 1. The van der Waals surface area contributed by atoms with Gasteiger partial charge in [0.1, 0.15) is 22.2 Å². The third-order valence-corrected chi connectivity index (χ3v) is 10.0. The molecule has 5 nitrogen and oxygen atoms in total. The highest BCUT2D eigenvalue weighted by Crippen LogP contribution is 2.56. The van der Waals surface area contributed by atoms with Gasteiger partial charge in [0.25, 0.3) is 5.60 Å². The van der Waals surface area contributed by atoms with Gasteiger partial charge in [-0.15, -0.1) is 0 Å². The van der Waals surface area contributed by atoms with Crippen LogP contribution in [-0.2, 0) is 36.3 Å². The van der Waals surface area contributed by atoms with E-state index < -0.39 is 79.5 Å². The fraction of sp³-hybridized carbons (Fsp3) is 0.321. The van der Waals surface area contributed by atoms with Crippen LogP contribution in [-0.4, -0.2) is 33.7 Å². The second kappa shape index (κ2) is 11.2. The average molecular weight is 640 g/mol. The Morgan fingerprint density at radius 2 is 1.37 bits per heavy atom. The number of sulfone groups is 1. The number of halogens is 9. The van der Waals surface area contributed by atoms with Crippen LogP contribution in [0.2, 0.25) is 0 Å². The molecule has 1 N–H and O–H groups in total. The van der Waals surface area contributed by atoms with Crippen molar-refractivity contribution >= 4 is 15.7 Å². The first-order valence-electron chi connectivity index (χ1n) is 12.4. The first-order chi connectivity index (χ1) is 19.9. The number of ether oxygens (including phenoxy) is 1. The number of carbonyl (C=O) groups is 1. The van der Waals surface area contributed by atoms with Crippen molar-refractivity contribution in [3.63, 3.8) is 0 Å². The van der Waals surface area contributed by atoms with Crippen molar-refractivity contribution in [1.29, 1.82) is 0 Å². The van der Waals surface area contributed by atoms with Gasteiger partial charge in [0.2, 0.25) is 5.91 Å². The zero-order valence-corrected chi connectivity index (χ0v) is 22.8. The Bertz CT molecular complexity index is 1560. The predicted molar refractivity (Wildman–Crippen MR) is 133 cm³/mol. The SMILES string of the molecule is CNC(=O)[C@H]1C[C@@](c2ccc(C(OCc3c(F)cccc3F)(C(F)(F)F)C(F)(F)F)cc2)(S(=O)(=O)c2ccc(F)cc2)C1. The number of benzene rings is 3. The summed E-state index contributed by atoms with van der Waals surface area (Å²) in [6, 6.07) is 7.92. The summed E-state index contributed by atoms with van der Waals surface area (Å²) in [6.45, 7) is -1.75. The zero-order valence-electron chi connectivity index (χ0n) is 22.0. The van der Waals surface area contributed by atoms with Gasteiger partial charge in [-0.2, -0.15) is 26.3 Å². The molecule has 0 unspecified atom stereocenters. The molecule has 1 aliphatic carbocycles. The number of rotatable bonds is 8. The van der Waals surface area contributed by atoms with Crippen molar-refractivity contribution < 1.29 is 57.5 Å². The monoisotopic (exact) mass is 639 g/mol. The minimum atomic E-state index is -6.20. The second-order valence-corrected chi connectivity index (χ2v) is 12.2. The Hall–Kier alpha value is -3.59. The van der Waals surface area contributed by atoms with Crippen LogP contribution in [0.5, 0.6) is 0 Å². The normalized spacial score (nSPS) is 19.5. The largest absolute Gasteiger partial charge is 0.430 e. The Morgan fingerprint density at radius 1 is 0.860 bits per heavy atom. The van der Waals surface area contributed by atoms with Gasteiger partial charge in [-0.25, -0.2) is 21.6 Å². The highest BCUT2D eigenvalue weighted by molar-refractivity contribution is 7.92. The molecule has 0 heterocycles. The molecule has 1 saturated carbocycles. The van der Waals surface area contributed by atoms with E-state index >= 15 is 0 Å². The molecule has 0 bridgehead atoms. The molecule has 1 fully saturated rings. The van der Waals surface area contributed by atoms with E-state index in [-0.39, 0.29) is 23.3 Å². The third-order valence-electron chi connectivity index (χ3n) is 7.52.